The molecule has 0 radical (unpaired) electrons. The van der Waals surface area contributed by atoms with Crippen LogP contribution in [0.25, 0.3) is 11.5 Å². The van der Waals surface area contributed by atoms with Gasteiger partial charge in [0.05, 0.1) is 0 Å². The number of aromatic nitrogens is 2. The number of hydrogen-bond donors (Lipinski definition) is 1. The normalized spacial score (nSPS) is 18.4. The van der Waals surface area contributed by atoms with Gasteiger partial charge in [0, 0.05) is 24.1 Å². The standard InChI is InChI=1S/C25H29N3O2/c1-2-3-12-23-27-25(30-28-23)20-15-13-19(14-16-20)24(29)26-17-21-10-7-11-22(21)18-8-5-4-6-9-18/h4-6,8-9,13-16,21-22H,2-3,7,10-12,17H2,1H3,(H,26,29)/t21-,22-/m0/s1. The molecular weight excluding hydrogens is 374 g/mol. The zero-order valence-electron chi connectivity index (χ0n) is 17.5. The predicted molar refractivity (Wildman–Crippen MR) is 117 cm³/mol. The van der Waals surface area contributed by atoms with Crippen LogP contribution in [0.4, 0.5) is 0 Å². The van der Waals surface area contributed by atoms with Crippen molar-refractivity contribution in [1.29, 1.82) is 0 Å². The van der Waals surface area contributed by atoms with E-state index < -0.39 is 0 Å². The van der Waals surface area contributed by atoms with Gasteiger partial charge in [-0.3, -0.25) is 4.79 Å². The highest BCUT2D eigenvalue weighted by Gasteiger charge is 2.28. The molecule has 1 aromatic heterocycles. The lowest BCUT2D eigenvalue weighted by molar-refractivity contribution is 0.0946. The summed E-state index contributed by atoms with van der Waals surface area (Å²) in [6, 6.07) is 18.0. The molecule has 1 N–H and O–H groups in total. The Bertz CT molecular complexity index is 950. The monoisotopic (exact) mass is 403 g/mol. The van der Waals surface area contributed by atoms with Gasteiger partial charge in [0.15, 0.2) is 5.82 Å². The number of nitrogens with zero attached hydrogens (tertiary/aromatic N) is 2. The van der Waals surface area contributed by atoms with E-state index in [1.807, 2.05) is 24.3 Å². The van der Waals surface area contributed by atoms with E-state index in [9.17, 15) is 4.79 Å². The van der Waals surface area contributed by atoms with Crippen LogP contribution in [0.3, 0.4) is 0 Å². The van der Waals surface area contributed by atoms with Crippen LogP contribution in [0.15, 0.2) is 59.1 Å². The van der Waals surface area contributed by atoms with Gasteiger partial charge in [-0.25, -0.2) is 0 Å². The zero-order valence-corrected chi connectivity index (χ0v) is 17.5. The topological polar surface area (TPSA) is 68.0 Å². The first-order valence-electron chi connectivity index (χ1n) is 11.0. The van der Waals surface area contributed by atoms with Gasteiger partial charge in [-0.1, -0.05) is 55.3 Å². The summed E-state index contributed by atoms with van der Waals surface area (Å²) in [7, 11) is 0. The van der Waals surface area contributed by atoms with Gasteiger partial charge >= 0.3 is 0 Å². The molecule has 3 aromatic rings. The van der Waals surface area contributed by atoms with E-state index >= 15 is 0 Å². The maximum absolute atomic E-state index is 12.7. The number of benzene rings is 2. The second kappa shape index (κ2) is 9.70. The SMILES string of the molecule is CCCCc1noc(-c2ccc(C(=O)NC[C@@H]3CCC[C@H]3c3ccccc3)cc2)n1. The maximum atomic E-state index is 12.7. The number of rotatable bonds is 8. The summed E-state index contributed by atoms with van der Waals surface area (Å²) in [4.78, 5) is 17.1. The molecule has 0 saturated heterocycles. The van der Waals surface area contributed by atoms with Crippen molar-refractivity contribution < 1.29 is 9.32 Å². The van der Waals surface area contributed by atoms with Crippen LogP contribution < -0.4 is 5.32 Å². The molecule has 1 aliphatic carbocycles. The van der Waals surface area contributed by atoms with Crippen molar-refractivity contribution in [2.75, 3.05) is 6.54 Å². The van der Waals surface area contributed by atoms with E-state index in [2.05, 4.69) is 52.7 Å². The molecule has 2 aromatic carbocycles. The molecule has 0 bridgehead atoms. The Morgan fingerprint density at radius 1 is 1.10 bits per heavy atom. The third-order valence-corrected chi connectivity index (χ3v) is 6.03. The van der Waals surface area contributed by atoms with Crippen molar-refractivity contribution in [1.82, 2.24) is 15.5 Å². The molecule has 0 spiro atoms. The van der Waals surface area contributed by atoms with Gasteiger partial charge in [0.25, 0.3) is 11.8 Å². The van der Waals surface area contributed by atoms with E-state index in [1.54, 1.807) is 0 Å². The fourth-order valence-corrected chi connectivity index (χ4v) is 4.32. The van der Waals surface area contributed by atoms with Crippen molar-refractivity contribution in [3.63, 3.8) is 0 Å². The van der Waals surface area contributed by atoms with E-state index in [0.717, 1.165) is 37.1 Å². The first-order valence-corrected chi connectivity index (χ1v) is 11.0. The van der Waals surface area contributed by atoms with Crippen LogP contribution in [0.1, 0.15) is 66.7 Å². The van der Waals surface area contributed by atoms with Crippen LogP contribution in [0.2, 0.25) is 0 Å². The van der Waals surface area contributed by atoms with Gasteiger partial charge in [-0.15, -0.1) is 0 Å². The molecule has 1 heterocycles. The van der Waals surface area contributed by atoms with E-state index in [-0.39, 0.29) is 5.91 Å². The smallest absolute Gasteiger partial charge is 0.257 e. The Hall–Kier alpha value is -2.95. The Balaban J connectivity index is 1.34. The van der Waals surface area contributed by atoms with Crippen molar-refractivity contribution in [2.45, 2.75) is 51.4 Å². The quantitative estimate of drug-likeness (QED) is 0.547. The Morgan fingerprint density at radius 3 is 2.67 bits per heavy atom. The minimum absolute atomic E-state index is 0.0329. The van der Waals surface area contributed by atoms with E-state index in [0.29, 0.717) is 29.8 Å². The fraction of sp³-hybridized carbons (Fsp3) is 0.400. The van der Waals surface area contributed by atoms with Gasteiger partial charge in [-0.2, -0.15) is 4.98 Å². The van der Waals surface area contributed by atoms with Gasteiger partial charge < -0.3 is 9.84 Å². The zero-order chi connectivity index (χ0) is 20.8. The van der Waals surface area contributed by atoms with Gasteiger partial charge in [0.1, 0.15) is 0 Å². The molecule has 1 amide bonds. The second-order valence-corrected chi connectivity index (χ2v) is 8.11. The summed E-state index contributed by atoms with van der Waals surface area (Å²) in [6.45, 7) is 2.85. The largest absolute Gasteiger partial charge is 0.352 e. The fourth-order valence-electron chi connectivity index (χ4n) is 4.32. The van der Waals surface area contributed by atoms with Crippen molar-refractivity contribution in [3.05, 3.63) is 71.5 Å². The highest BCUT2D eigenvalue weighted by molar-refractivity contribution is 5.94. The molecule has 1 fully saturated rings. The number of hydrogen-bond acceptors (Lipinski definition) is 4. The number of unbranched alkanes of at least 4 members (excludes halogenated alkanes) is 1. The number of carbonyl (C=O) groups is 1. The molecule has 156 valence electrons. The van der Waals surface area contributed by atoms with Crippen molar-refractivity contribution in [2.24, 2.45) is 5.92 Å². The summed E-state index contributed by atoms with van der Waals surface area (Å²) in [5.41, 5.74) is 2.87. The molecule has 2 atom stereocenters. The molecule has 5 heteroatoms. The average Bonchev–Trinajstić information content (AvgIpc) is 3.46. The van der Waals surface area contributed by atoms with Crippen LogP contribution in [-0.2, 0) is 6.42 Å². The van der Waals surface area contributed by atoms with Gasteiger partial charge in [-0.05, 0) is 60.9 Å². The lowest BCUT2D eigenvalue weighted by Crippen LogP contribution is -2.30. The van der Waals surface area contributed by atoms with Crippen LogP contribution >= 0.6 is 0 Å². The molecule has 0 unspecified atom stereocenters. The van der Waals surface area contributed by atoms with Crippen LogP contribution in [0, 0.1) is 5.92 Å². The molecule has 1 saturated carbocycles. The third kappa shape index (κ3) is 4.78. The predicted octanol–water partition coefficient (Wildman–Crippen LogP) is 5.39. The van der Waals surface area contributed by atoms with Crippen LogP contribution in [-0.4, -0.2) is 22.6 Å². The summed E-state index contributed by atoms with van der Waals surface area (Å²) >= 11 is 0. The number of aryl methyl sites for hydroxylation is 1. The summed E-state index contributed by atoms with van der Waals surface area (Å²) < 4.78 is 5.36. The van der Waals surface area contributed by atoms with Crippen molar-refractivity contribution in [3.8, 4) is 11.5 Å². The number of nitrogens with one attached hydrogen (secondary N) is 1. The van der Waals surface area contributed by atoms with E-state index in [4.69, 9.17) is 4.52 Å². The Kier molecular flexibility index (Phi) is 6.57. The molecule has 30 heavy (non-hydrogen) atoms. The number of amides is 1. The highest BCUT2D eigenvalue weighted by atomic mass is 16.5. The maximum Gasteiger partial charge on any atom is 0.257 e. The minimum Gasteiger partial charge on any atom is -0.352 e. The Labute approximate surface area is 177 Å². The van der Waals surface area contributed by atoms with Gasteiger partial charge in [0.2, 0.25) is 0 Å². The lowest BCUT2D eigenvalue weighted by atomic mass is 9.89. The van der Waals surface area contributed by atoms with E-state index in [1.165, 1.54) is 18.4 Å². The summed E-state index contributed by atoms with van der Waals surface area (Å²) in [6.07, 6.45) is 6.55. The Morgan fingerprint density at radius 2 is 1.90 bits per heavy atom. The molecule has 1 aliphatic rings. The summed E-state index contributed by atoms with van der Waals surface area (Å²) in [5.74, 6) is 2.24. The first kappa shape index (κ1) is 20.3. The second-order valence-electron chi connectivity index (χ2n) is 8.11. The first-order chi connectivity index (χ1) is 14.7. The average molecular weight is 404 g/mol. The molecular formula is C25H29N3O2. The molecule has 0 aliphatic heterocycles. The van der Waals surface area contributed by atoms with Crippen LogP contribution in [0.5, 0.6) is 0 Å². The molecule has 5 nitrogen and oxygen atoms in total. The highest BCUT2D eigenvalue weighted by Crippen LogP contribution is 2.39. The minimum atomic E-state index is -0.0329. The molecule has 4 rings (SSSR count). The lowest BCUT2D eigenvalue weighted by Gasteiger charge is -2.20. The third-order valence-electron chi connectivity index (χ3n) is 6.03. The summed E-state index contributed by atoms with van der Waals surface area (Å²) in [5, 5.41) is 7.16. The van der Waals surface area contributed by atoms with Crippen molar-refractivity contribution >= 4 is 5.91 Å². The number of carbonyl (C=O) groups excluding carboxylic acids is 1.